The number of nitrogens with zero attached hydrogens (tertiary/aromatic N) is 1. The molecule has 0 saturated carbocycles. The maximum atomic E-state index is 12.0. The predicted octanol–water partition coefficient (Wildman–Crippen LogP) is 1.21. The monoisotopic (exact) mass is 245 g/mol. The molecule has 1 unspecified atom stereocenters. The zero-order valence-corrected chi connectivity index (χ0v) is 11.4. The Kier molecular flexibility index (Phi) is 6.80. The standard InChI is InChI=1S/C12H23NO4/c1-6-12(3,16-5)11(15)13(4)9-8-10(14)17-7-2/h6-9H2,1-5H3. The third-order valence-corrected chi connectivity index (χ3v) is 2.88. The molecule has 0 N–H and O–H groups in total. The van der Waals surface area contributed by atoms with Crippen LogP contribution in [0.15, 0.2) is 0 Å². The molecule has 0 saturated heterocycles. The van der Waals surface area contributed by atoms with E-state index in [1.165, 1.54) is 12.0 Å². The lowest BCUT2D eigenvalue weighted by Gasteiger charge is -2.30. The van der Waals surface area contributed by atoms with E-state index in [9.17, 15) is 9.59 Å². The van der Waals surface area contributed by atoms with Gasteiger partial charge in [0.05, 0.1) is 13.0 Å². The first-order valence-electron chi connectivity index (χ1n) is 5.87. The van der Waals surface area contributed by atoms with Crippen LogP contribution in [0.5, 0.6) is 0 Å². The van der Waals surface area contributed by atoms with E-state index < -0.39 is 5.60 Å². The van der Waals surface area contributed by atoms with Crippen LogP contribution in [0.1, 0.15) is 33.6 Å². The molecule has 17 heavy (non-hydrogen) atoms. The molecule has 0 aromatic carbocycles. The van der Waals surface area contributed by atoms with Gasteiger partial charge in [0, 0.05) is 20.7 Å². The molecule has 5 heteroatoms. The largest absolute Gasteiger partial charge is 0.466 e. The van der Waals surface area contributed by atoms with Gasteiger partial charge in [0.25, 0.3) is 5.91 Å². The van der Waals surface area contributed by atoms with Gasteiger partial charge in [0.1, 0.15) is 5.60 Å². The van der Waals surface area contributed by atoms with Gasteiger partial charge < -0.3 is 14.4 Å². The average molecular weight is 245 g/mol. The number of amides is 1. The Labute approximate surface area is 103 Å². The Morgan fingerprint density at radius 2 is 1.88 bits per heavy atom. The molecule has 0 aliphatic heterocycles. The van der Waals surface area contributed by atoms with Crippen molar-refractivity contribution < 1.29 is 19.1 Å². The van der Waals surface area contributed by atoms with Crippen molar-refractivity contribution in [1.82, 2.24) is 4.90 Å². The van der Waals surface area contributed by atoms with Crippen molar-refractivity contribution in [2.45, 2.75) is 39.2 Å². The van der Waals surface area contributed by atoms with Gasteiger partial charge in [-0.1, -0.05) is 6.92 Å². The minimum atomic E-state index is -0.816. The summed E-state index contributed by atoms with van der Waals surface area (Å²) in [6.07, 6.45) is 0.797. The molecule has 0 aliphatic carbocycles. The summed E-state index contributed by atoms with van der Waals surface area (Å²) in [4.78, 5) is 24.7. The first kappa shape index (κ1) is 15.9. The zero-order valence-electron chi connectivity index (χ0n) is 11.4. The molecule has 0 aliphatic rings. The maximum absolute atomic E-state index is 12.0. The third kappa shape index (κ3) is 4.73. The highest BCUT2D eigenvalue weighted by molar-refractivity contribution is 5.85. The molecule has 0 heterocycles. The van der Waals surface area contributed by atoms with E-state index in [1.807, 2.05) is 6.92 Å². The quantitative estimate of drug-likeness (QED) is 0.633. The van der Waals surface area contributed by atoms with Crippen LogP contribution in [0.25, 0.3) is 0 Å². The Hall–Kier alpha value is -1.10. The van der Waals surface area contributed by atoms with Gasteiger partial charge in [0.2, 0.25) is 0 Å². The number of carbonyl (C=O) groups is 2. The predicted molar refractivity (Wildman–Crippen MR) is 64.6 cm³/mol. The Balaban J connectivity index is 4.27. The van der Waals surface area contributed by atoms with E-state index in [0.29, 0.717) is 19.6 Å². The van der Waals surface area contributed by atoms with Gasteiger partial charge >= 0.3 is 5.97 Å². The number of ether oxygens (including phenoxy) is 2. The molecule has 0 aromatic heterocycles. The van der Waals surface area contributed by atoms with Crippen molar-refractivity contribution >= 4 is 11.9 Å². The Morgan fingerprint density at radius 3 is 2.29 bits per heavy atom. The van der Waals surface area contributed by atoms with E-state index in [0.717, 1.165) is 0 Å². The summed E-state index contributed by atoms with van der Waals surface area (Å²) in [5.74, 6) is -0.408. The molecule has 0 fully saturated rings. The number of esters is 1. The summed E-state index contributed by atoms with van der Waals surface area (Å²) in [6, 6.07) is 0. The fourth-order valence-electron chi connectivity index (χ4n) is 1.38. The van der Waals surface area contributed by atoms with Crippen molar-refractivity contribution in [1.29, 1.82) is 0 Å². The van der Waals surface area contributed by atoms with Crippen LogP contribution in [0, 0.1) is 0 Å². The fourth-order valence-corrected chi connectivity index (χ4v) is 1.38. The SMILES string of the molecule is CCOC(=O)CCN(C)C(=O)C(C)(CC)OC. The van der Waals surface area contributed by atoms with Gasteiger partial charge in [-0.2, -0.15) is 0 Å². The van der Waals surface area contributed by atoms with Crippen molar-refractivity contribution in [2.75, 3.05) is 27.3 Å². The second kappa shape index (κ2) is 7.27. The van der Waals surface area contributed by atoms with E-state index in [4.69, 9.17) is 9.47 Å². The highest BCUT2D eigenvalue weighted by atomic mass is 16.5. The molecule has 1 atom stereocenters. The summed E-state index contributed by atoms with van der Waals surface area (Å²) in [6.45, 7) is 6.10. The average Bonchev–Trinajstić information content (AvgIpc) is 2.34. The topological polar surface area (TPSA) is 55.8 Å². The van der Waals surface area contributed by atoms with E-state index in [2.05, 4.69) is 0 Å². The van der Waals surface area contributed by atoms with Gasteiger partial charge in [-0.25, -0.2) is 0 Å². The highest BCUT2D eigenvalue weighted by Gasteiger charge is 2.33. The van der Waals surface area contributed by atoms with Crippen LogP contribution in [0.4, 0.5) is 0 Å². The number of carbonyl (C=O) groups excluding carboxylic acids is 2. The Bertz CT molecular complexity index is 261. The Morgan fingerprint density at radius 1 is 1.29 bits per heavy atom. The van der Waals surface area contributed by atoms with Crippen LogP contribution in [0.2, 0.25) is 0 Å². The molecular formula is C12H23NO4. The molecule has 100 valence electrons. The molecule has 5 nitrogen and oxygen atoms in total. The van der Waals surface area contributed by atoms with Crippen LogP contribution < -0.4 is 0 Å². The van der Waals surface area contributed by atoms with Crippen molar-refractivity contribution in [3.05, 3.63) is 0 Å². The second-order valence-corrected chi connectivity index (χ2v) is 4.07. The molecule has 0 spiro atoms. The first-order chi connectivity index (χ1) is 7.91. The summed E-state index contributed by atoms with van der Waals surface area (Å²) >= 11 is 0. The summed E-state index contributed by atoms with van der Waals surface area (Å²) in [7, 11) is 3.18. The van der Waals surface area contributed by atoms with Crippen molar-refractivity contribution in [2.24, 2.45) is 0 Å². The number of likely N-dealkylation sites (N-methyl/N-ethyl adjacent to an activating group) is 1. The number of methoxy groups -OCH3 is 1. The fraction of sp³-hybridized carbons (Fsp3) is 0.833. The van der Waals surface area contributed by atoms with E-state index >= 15 is 0 Å². The van der Waals surface area contributed by atoms with Gasteiger partial charge in [-0.15, -0.1) is 0 Å². The summed E-state index contributed by atoms with van der Waals surface area (Å²) in [5.41, 5.74) is -0.816. The normalized spacial score (nSPS) is 13.9. The molecule has 0 rings (SSSR count). The van der Waals surface area contributed by atoms with Crippen LogP contribution in [-0.2, 0) is 19.1 Å². The van der Waals surface area contributed by atoms with E-state index in [1.54, 1.807) is 20.9 Å². The third-order valence-electron chi connectivity index (χ3n) is 2.88. The van der Waals surface area contributed by atoms with Gasteiger partial charge in [-0.3, -0.25) is 9.59 Å². The lowest BCUT2D eigenvalue weighted by Crippen LogP contribution is -2.47. The molecule has 1 amide bonds. The molecule has 0 aromatic rings. The van der Waals surface area contributed by atoms with Crippen molar-refractivity contribution in [3.63, 3.8) is 0 Å². The van der Waals surface area contributed by atoms with Crippen molar-refractivity contribution in [3.8, 4) is 0 Å². The van der Waals surface area contributed by atoms with Gasteiger partial charge in [-0.05, 0) is 20.3 Å². The van der Waals surface area contributed by atoms with Crippen LogP contribution in [0.3, 0.4) is 0 Å². The smallest absolute Gasteiger partial charge is 0.307 e. The maximum Gasteiger partial charge on any atom is 0.307 e. The first-order valence-corrected chi connectivity index (χ1v) is 5.87. The number of hydrogen-bond acceptors (Lipinski definition) is 4. The lowest BCUT2D eigenvalue weighted by atomic mass is 10.0. The number of hydrogen-bond donors (Lipinski definition) is 0. The molecule has 0 bridgehead atoms. The lowest BCUT2D eigenvalue weighted by molar-refractivity contribution is -0.153. The van der Waals surface area contributed by atoms with Crippen LogP contribution >= 0.6 is 0 Å². The highest BCUT2D eigenvalue weighted by Crippen LogP contribution is 2.17. The number of rotatable bonds is 7. The van der Waals surface area contributed by atoms with E-state index in [-0.39, 0.29) is 18.3 Å². The second-order valence-electron chi connectivity index (χ2n) is 4.07. The summed E-state index contributed by atoms with van der Waals surface area (Å²) < 4.78 is 10.0. The van der Waals surface area contributed by atoms with Gasteiger partial charge in [0.15, 0.2) is 0 Å². The molecule has 0 radical (unpaired) electrons. The zero-order chi connectivity index (χ0) is 13.5. The summed E-state index contributed by atoms with van der Waals surface area (Å²) in [5, 5.41) is 0. The van der Waals surface area contributed by atoms with Crippen LogP contribution in [-0.4, -0.2) is 49.7 Å². The minimum Gasteiger partial charge on any atom is -0.466 e. The molecular weight excluding hydrogens is 222 g/mol. The minimum absolute atomic E-state index is 0.119.